The van der Waals surface area contributed by atoms with E-state index in [9.17, 15) is 9.18 Å². The van der Waals surface area contributed by atoms with Gasteiger partial charge in [-0.2, -0.15) is 0 Å². The lowest BCUT2D eigenvalue weighted by molar-refractivity contribution is 0.0984. The first-order chi connectivity index (χ1) is 14.1. The van der Waals surface area contributed by atoms with Crippen molar-refractivity contribution in [3.63, 3.8) is 0 Å². The van der Waals surface area contributed by atoms with Gasteiger partial charge in [0, 0.05) is 18.7 Å². The van der Waals surface area contributed by atoms with Gasteiger partial charge in [0.1, 0.15) is 11.3 Å². The molecule has 0 saturated heterocycles. The Bertz CT molecular complexity index is 1150. The molecule has 5 nitrogen and oxygen atoms in total. The van der Waals surface area contributed by atoms with Crippen molar-refractivity contribution in [2.24, 2.45) is 0 Å². The summed E-state index contributed by atoms with van der Waals surface area (Å²) >= 11 is 2.85. The molecule has 150 valence electrons. The Balaban J connectivity index is 1.71. The molecule has 2 aromatic carbocycles. The van der Waals surface area contributed by atoms with Gasteiger partial charge in [0.2, 0.25) is 0 Å². The molecule has 0 aliphatic heterocycles. The van der Waals surface area contributed by atoms with Crippen LogP contribution in [0.5, 0.6) is 0 Å². The maximum Gasteiger partial charge on any atom is 0.260 e. The van der Waals surface area contributed by atoms with Crippen LogP contribution in [0.2, 0.25) is 0 Å². The average Bonchev–Trinajstić information content (AvgIpc) is 3.38. The Morgan fingerprint density at radius 1 is 1.10 bits per heavy atom. The van der Waals surface area contributed by atoms with Gasteiger partial charge in [-0.3, -0.25) is 9.69 Å². The summed E-state index contributed by atoms with van der Waals surface area (Å²) in [5.74, 6) is -0.501. The van der Waals surface area contributed by atoms with Gasteiger partial charge < -0.3 is 4.90 Å². The molecule has 0 radical (unpaired) electrons. The number of carbonyl (C=O) groups excluding carboxylic acids is 1. The number of nitrogens with zero attached hydrogens (tertiary/aromatic N) is 4. The SMILES string of the molecule is CCN(CC)CCN(C(=O)c1ccc2ncsc2c1)c1nc2c(F)cccc2s1. The van der Waals surface area contributed by atoms with Crippen LogP contribution >= 0.6 is 22.7 Å². The van der Waals surface area contributed by atoms with Gasteiger partial charge in [-0.1, -0.05) is 31.3 Å². The summed E-state index contributed by atoms with van der Waals surface area (Å²) < 4.78 is 15.9. The van der Waals surface area contributed by atoms with Crippen LogP contribution in [0.25, 0.3) is 20.4 Å². The highest BCUT2D eigenvalue weighted by Crippen LogP contribution is 2.31. The van der Waals surface area contributed by atoms with Crippen molar-refractivity contribution in [1.29, 1.82) is 0 Å². The first-order valence-corrected chi connectivity index (χ1v) is 11.2. The number of fused-ring (bicyclic) bond motifs is 2. The zero-order chi connectivity index (χ0) is 20.4. The Morgan fingerprint density at radius 3 is 2.69 bits per heavy atom. The second-order valence-corrected chi connectivity index (χ2v) is 8.50. The molecule has 4 aromatic rings. The minimum absolute atomic E-state index is 0.132. The van der Waals surface area contributed by atoms with Crippen LogP contribution in [0.15, 0.2) is 41.9 Å². The fraction of sp³-hybridized carbons (Fsp3) is 0.286. The van der Waals surface area contributed by atoms with E-state index >= 15 is 0 Å². The van der Waals surface area contributed by atoms with Crippen molar-refractivity contribution >= 4 is 54.1 Å². The summed E-state index contributed by atoms with van der Waals surface area (Å²) in [5, 5.41) is 0.520. The smallest absolute Gasteiger partial charge is 0.260 e. The topological polar surface area (TPSA) is 49.3 Å². The number of halogens is 1. The van der Waals surface area contributed by atoms with Gasteiger partial charge in [0.25, 0.3) is 5.91 Å². The molecule has 8 heteroatoms. The molecule has 0 saturated carbocycles. The number of anilines is 1. The molecule has 0 aliphatic rings. The summed E-state index contributed by atoms with van der Waals surface area (Å²) in [7, 11) is 0. The molecule has 0 spiro atoms. The molecule has 2 aromatic heterocycles. The highest BCUT2D eigenvalue weighted by molar-refractivity contribution is 7.22. The van der Waals surface area contributed by atoms with E-state index in [4.69, 9.17) is 0 Å². The van der Waals surface area contributed by atoms with E-state index in [0.717, 1.165) is 34.6 Å². The van der Waals surface area contributed by atoms with Crippen molar-refractivity contribution in [2.45, 2.75) is 13.8 Å². The van der Waals surface area contributed by atoms with Crippen LogP contribution in [-0.4, -0.2) is 47.0 Å². The monoisotopic (exact) mass is 428 g/mol. The Hall–Kier alpha value is -2.42. The van der Waals surface area contributed by atoms with Crippen molar-refractivity contribution < 1.29 is 9.18 Å². The molecule has 2 heterocycles. The number of para-hydroxylation sites is 1. The molecule has 29 heavy (non-hydrogen) atoms. The number of thiazole rings is 2. The summed E-state index contributed by atoms with van der Waals surface area (Å²) in [4.78, 5) is 26.1. The van der Waals surface area contributed by atoms with E-state index in [0.29, 0.717) is 22.8 Å². The number of benzene rings is 2. The summed E-state index contributed by atoms with van der Waals surface area (Å²) in [5.41, 5.74) is 3.54. The molecule has 0 atom stereocenters. The van der Waals surface area contributed by atoms with Crippen LogP contribution in [0, 0.1) is 5.82 Å². The number of hydrogen-bond acceptors (Lipinski definition) is 6. The van der Waals surface area contributed by atoms with E-state index < -0.39 is 0 Å². The minimum atomic E-state index is -0.368. The second kappa shape index (κ2) is 8.52. The molecule has 0 aliphatic carbocycles. The van der Waals surface area contributed by atoms with E-state index in [-0.39, 0.29) is 11.7 Å². The summed E-state index contributed by atoms with van der Waals surface area (Å²) in [6, 6.07) is 10.4. The number of likely N-dealkylation sites (N-methyl/N-ethyl adjacent to an activating group) is 1. The maximum atomic E-state index is 14.2. The van der Waals surface area contributed by atoms with Crippen LogP contribution in [0.3, 0.4) is 0 Å². The van der Waals surface area contributed by atoms with Crippen LogP contribution in [-0.2, 0) is 0 Å². The lowest BCUT2D eigenvalue weighted by Gasteiger charge is -2.24. The lowest BCUT2D eigenvalue weighted by Crippen LogP contribution is -2.38. The predicted octanol–water partition coefficient (Wildman–Crippen LogP) is 5.03. The van der Waals surface area contributed by atoms with Crippen molar-refractivity contribution in [3.05, 3.63) is 53.3 Å². The van der Waals surface area contributed by atoms with Gasteiger partial charge in [-0.05, 0) is 43.4 Å². The van der Waals surface area contributed by atoms with E-state index in [2.05, 4.69) is 28.7 Å². The normalized spacial score (nSPS) is 11.6. The first kappa shape index (κ1) is 19.9. The molecule has 0 unspecified atom stereocenters. The Kier molecular flexibility index (Phi) is 5.84. The number of rotatable bonds is 7. The average molecular weight is 429 g/mol. The molecule has 0 bridgehead atoms. The van der Waals surface area contributed by atoms with Gasteiger partial charge in [0.15, 0.2) is 5.13 Å². The van der Waals surface area contributed by atoms with Gasteiger partial charge in [-0.25, -0.2) is 14.4 Å². The predicted molar refractivity (Wildman–Crippen MR) is 119 cm³/mol. The number of carbonyl (C=O) groups is 1. The molecule has 4 rings (SSSR count). The summed E-state index contributed by atoms with van der Waals surface area (Å²) in [6.45, 7) is 7.21. The third-order valence-corrected chi connectivity index (χ3v) is 6.78. The van der Waals surface area contributed by atoms with Gasteiger partial charge in [-0.15, -0.1) is 11.3 Å². The quantitative estimate of drug-likeness (QED) is 0.414. The maximum absolute atomic E-state index is 14.2. The summed E-state index contributed by atoms with van der Waals surface area (Å²) in [6.07, 6.45) is 0. The molecular weight excluding hydrogens is 407 g/mol. The Labute approximate surface area is 176 Å². The first-order valence-electron chi connectivity index (χ1n) is 9.53. The van der Waals surface area contributed by atoms with Gasteiger partial charge >= 0.3 is 0 Å². The van der Waals surface area contributed by atoms with Crippen LogP contribution in [0.1, 0.15) is 24.2 Å². The number of aromatic nitrogens is 2. The van der Waals surface area contributed by atoms with Gasteiger partial charge in [0.05, 0.1) is 20.4 Å². The minimum Gasteiger partial charge on any atom is -0.302 e. The largest absolute Gasteiger partial charge is 0.302 e. The van der Waals surface area contributed by atoms with Crippen LogP contribution < -0.4 is 4.90 Å². The number of amides is 1. The molecule has 0 fully saturated rings. The van der Waals surface area contributed by atoms with E-state index in [1.165, 1.54) is 28.7 Å². The van der Waals surface area contributed by atoms with Crippen molar-refractivity contribution in [3.8, 4) is 0 Å². The van der Waals surface area contributed by atoms with E-state index in [1.807, 2.05) is 18.2 Å². The highest BCUT2D eigenvalue weighted by atomic mass is 32.1. The van der Waals surface area contributed by atoms with Crippen molar-refractivity contribution in [2.75, 3.05) is 31.1 Å². The molecule has 1 amide bonds. The fourth-order valence-corrected chi connectivity index (χ4v) is 4.95. The lowest BCUT2D eigenvalue weighted by atomic mass is 10.2. The van der Waals surface area contributed by atoms with E-state index in [1.54, 1.807) is 22.5 Å². The zero-order valence-electron chi connectivity index (χ0n) is 16.3. The molecular formula is C21H21FN4OS2. The highest BCUT2D eigenvalue weighted by Gasteiger charge is 2.23. The third kappa shape index (κ3) is 4.01. The second-order valence-electron chi connectivity index (χ2n) is 6.60. The third-order valence-electron chi connectivity index (χ3n) is 4.95. The molecule has 0 N–H and O–H groups in total. The number of hydrogen-bond donors (Lipinski definition) is 0. The Morgan fingerprint density at radius 2 is 1.93 bits per heavy atom. The standard InChI is InChI=1S/C21H21FN4OS2/c1-3-25(4-2)10-11-26(21-24-19-15(22)6-5-7-17(19)29-21)20(27)14-8-9-16-18(12-14)28-13-23-16/h5-9,12-13H,3-4,10-11H2,1-2H3. The van der Waals surface area contributed by atoms with Crippen molar-refractivity contribution in [1.82, 2.24) is 14.9 Å². The van der Waals surface area contributed by atoms with Crippen LogP contribution in [0.4, 0.5) is 9.52 Å². The fourth-order valence-electron chi connectivity index (χ4n) is 3.23. The zero-order valence-corrected chi connectivity index (χ0v) is 17.9.